The number of nitrogen functional groups attached to an aromatic ring is 1. The van der Waals surface area contributed by atoms with Gasteiger partial charge in [-0.3, -0.25) is 4.79 Å². The van der Waals surface area contributed by atoms with Crippen molar-refractivity contribution < 1.29 is 14.3 Å². The number of carbonyl (C=O) groups is 2. The average molecular weight is 293 g/mol. The van der Waals surface area contributed by atoms with Gasteiger partial charge in [0.25, 0.3) is 0 Å². The van der Waals surface area contributed by atoms with Crippen molar-refractivity contribution >= 4 is 23.3 Å². The number of aryl methyl sites for hydroxylation is 1. The number of anilines is 2. The van der Waals surface area contributed by atoms with Crippen molar-refractivity contribution in [1.29, 1.82) is 0 Å². The normalized spacial score (nSPS) is 10.9. The van der Waals surface area contributed by atoms with Crippen LogP contribution >= 0.6 is 0 Å². The van der Waals surface area contributed by atoms with Gasteiger partial charge in [-0.1, -0.05) is 0 Å². The molecule has 4 N–H and O–H groups in total. The van der Waals surface area contributed by atoms with E-state index in [1.807, 2.05) is 20.8 Å². The highest BCUT2D eigenvalue weighted by molar-refractivity contribution is 5.97. The molecule has 0 aromatic heterocycles. The van der Waals surface area contributed by atoms with Crippen molar-refractivity contribution in [2.24, 2.45) is 0 Å². The summed E-state index contributed by atoms with van der Waals surface area (Å²) < 4.78 is 4.69. The van der Waals surface area contributed by atoms with Crippen LogP contribution in [-0.4, -0.2) is 31.1 Å². The second kappa shape index (κ2) is 6.47. The Labute approximate surface area is 125 Å². The molecule has 116 valence electrons. The Kier molecular flexibility index (Phi) is 5.18. The number of rotatable bonds is 4. The lowest BCUT2D eigenvalue weighted by Crippen LogP contribution is -2.43. The predicted molar refractivity (Wildman–Crippen MR) is 83.3 cm³/mol. The Morgan fingerprint density at radius 3 is 2.43 bits per heavy atom. The highest BCUT2D eigenvalue weighted by Crippen LogP contribution is 2.23. The highest BCUT2D eigenvalue weighted by Gasteiger charge is 2.15. The van der Waals surface area contributed by atoms with E-state index < -0.39 is 5.97 Å². The Morgan fingerprint density at radius 1 is 1.29 bits per heavy atom. The Morgan fingerprint density at radius 2 is 1.90 bits per heavy atom. The number of nitrogens with one attached hydrogen (secondary N) is 2. The number of amides is 1. The van der Waals surface area contributed by atoms with Gasteiger partial charge in [-0.25, -0.2) is 4.79 Å². The fourth-order valence-electron chi connectivity index (χ4n) is 1.82. The first-order valence-corrected chi connectivity index (χ1v) is 6.67. The lowest BCUT2D eigenvalue weighted by Gasteiger charge is -2.21. The maximum Gasteiger partial charge on any atom is 0.340 e. The van der Waals surface area contributed by atoms with E-state index in [1.165, 1.54) is 7.11 Å². The molecule has 0 spiro atoms. The standard InChI is InChI=1S/C15H23N3O3/c1-9-6-10(7-11(13(9)16)14(20)21-5)17-8-12(19)18-15(2,3)4/h6-7,17H,8,16H2,1-5H3,(H,18,19). The van der Waals surface area contributed by atoms with Gasteiger partial charge in [-0.05, 0) is 45.4 Å². The summed E-state index contributed by atoms with van der Waals surface area (Å²) in [7, 11) is 1.30. The van der Waals surface area contributed by atoms with E-state index in [4.69, 9.17) is 10.5 Å². The van der Waals surface area contributed by atoms with Crippen molar-refractivity contribution in [2.45, 2.75) is 33.2 Å². The zero-order chi connectivity index (χ0) is 16.2. The van der Waals surface area contributed by atoms with Gasteiger partial charge in [0, 0.05) is 16.9 Å². The second-order valence-corrected chi connectivity index (χ2v) is 5.90. The molecular formula is C15H23N3O3. The minimum atomic E-state index is -0.501. The Balaban J connectivity index is 2.83. The topological polar surface area (TPSA) is 93.4 Å². The van der Waals surface area contributed by atoms with Crippen molar-refractivity contribution in [1.82, 2.24) is 5.32 Å². The van der Waals surface area contributed by atoms with Crippen LogP contribution in [-0.2, 0) is 9.53 Å². The molecule has 0 heterocycles. The van der Waals surface area contributed by atoms with Crippen LogP contribution in [0.25, 0.3) is 0 Å². The third kappa shape index (κ3) is 4.98. The molecule has 0 unspecified atom stereocenters. The SMILES string of the molecule is COC(=O)c1cc(NCC(=O)NC(C)(C)C)cc(C)c1N. The van der Waals surface area contributed by atoms with Gasteiger partial charge >= 0.3 is 5.97 Å². The van der Waals surface area contributed by atoms with E-state index in [0.29, 0.717) is 11.4 Å². The van der Waals surface area contributed by atoms with Crippen molar-refractivity contribution in [3.05, 3.63) is 23.3 Å². The smallest absolute Gasteiger partial charge is 0.340 e. The van der Waals surface area contributed by atoms with Crippen LogP contribution in [0.1, 0.15) is 36.7 Å². The zero-order valence-corrected chi connectivity index (χ0v) is 13.2. The molecule has 1 rings (SSSR count). The first-order chi connectivity index (χ1) is 9.64. The van der Waals surface area contributed by atoms with Crippen LogP contribution in [0.5, 0.6) is 0 Å². The number of benzene rings is 1. The maximum absolute atomic E-state index is 11.8. The molecule has 0 atom stereocenters. The summed E-state index contributed by atoms with van der Waals surface area (Å²) in [6.45, 7) is 7.64. The highest BCUT2D eigenvalue weighted by atomic mass is 16.5. The maximum atomic E-state index is 11.8. The molecule has 0 aliphatic rings. The minimum Gasteiger partial charge on any atom is -0.465 e. The number of hydrogen-bond acceptors (Lipinski definition) is 5. The number of methoxy groups -OCH3 is 1. The van der Waals surface area contributed by atoms with Gasteiger partial charge in [0.1, 0.15) is 0 Å². The molecule has 0 aliphatic carbocycles. The lowest BCUT2D eigenvalue weighted by atomic mass is 10.1. The van der Waals surface area contributed by atoms with E-state index in [9.17, 15) is 9.59 Å². The minimum absolute atomic E-state index is 0.112. The van der Waals surface area contributed by atoms with Crippen molar-refractivity contribution in [3.63, 3.8) is 0 Å². The first-order valence-electron chi connectivity index (χ1n) is 6.67. The molecule has 1 aromatic carbocycles. The molecule has 0 saturated carbocycles. The molecule has 0 bridgehead atoms. The van der Waals surface area contributed by atoms with Gasteiger partial charge < -0.3 is 21.1 Å². The van der Waals surface area contributed by atoms with Crippen LogP contribution in [0.2, 0.25) is 0 Å². The lowest BCUT2D eigenvalue weighted by molar-refractivity contribution is -0.120. The molecule has 1 amide bonds. The summed E-state index contributed by atoms with van der Waals surface area (Å²) in [6.07, 6.45) is 0. The summed E-state index contributed by atoms with van der Waals surface area (Å²) in [5, 5.41) is 5.83. The number of hydrogen-bond donors (Lipinski definition) is 3. The molecule has 21 heavy (non-hydrogen) atoms. The molecule has 0 fully saturated rings. The summed E-state index contributed by atoms with van der Waals surface area (Å²) >= 11 is 0. The molecule has 0 radical (unpaired) electrons. The van der Waals surface area contributed by atoms with Crippen LogP contribution in [0.3, 0.4) is 0 Å². The summed E-state index contributed by atoms with van der Waals surface area (Å²) in [4.78, 5) is 23.4. The zero-order valence-electron chi connectivity index (χ0n) is 13.2. The monoisotopic (exact) mass is 293 g/mol. The van der Waals surface area contributed by atoms with Gasteiger partial charge in [0.2, 0.25) is 5.91 Å². The van der Waals surface area contributed by atoms with Crippen LogP contribution < -0.4 is 16.4 Å². The Hall–Kier alpha value is -2.24. The number of carbonyl (C=O) groups excluding carboxylic acids is 2. The predicted octanol–water partition coefficient (Wildman–Crippen LogP) is 1.69. The van der Waals surface area contributed by atoms with Crippen molar-refractivity contribution in [3.8, 4) is 0 Å². The third-order valence-corrected chi connectivity index (χ3v) is 2.76. The molecule has 6 nitrogen and oxygen atoms in total. The van der Waals surface area contributed by atoms with E-state index in [1.54, 1.807) is 19.1 Å². The number of ether oxygens (including phenoxy) is 1. The van der Waals surface area contributed by atoms with E-state index in [2.05, 4.69) is 10.6 Å². The number of nitrogens with two attached hydrogens (primary N) is 1. The fourth-order valence-corrected chi connectivity index (χ4v) is 1.82. The van der Waals surface area contributed by atoms with Crippen molar-refractivity contribution in [2.75, 3.05) is 24.7 Å². The van der Waals surface area contributed by atoms with Gasteiger partial charge in [0.15, 0.2) is 0 Å². The molecule has 6 heteroatoms. The Bertz CT molecular complexity index is 548. The fraction of sp³-hybridized carbons (Fsp3) is 0.467. The first kappa shape index (κ1) is 16.8. The number of esters is 1. The van der Waals surface area contributed by atoms with Crippen LogP contribution in [0.15, 0.2) is 12.1 Å². The summed E-state index contributed by atoms with van der Waals surface area (Å²) in [5.74, 6) is -0.630. The van der Waals surface area contributed by atoms with E-state index >= 15 is 0 Å². The van der Waals surface area contributed by atoms with Gasteiger partial charge in [-0.15, -0.1) is 0 Å². The van der Waals surface area contributed by atoms with E-state index in [-0.39, 0.29) is 23.6 Å². The third-order valence-electron chi connectivity index (χ3n) is 2.76. The van der Waals surface area contributed by atoms with Gasteiger partial charge in [0.05, 0.1) is 19.2 Å². The summed E-state index contributed by atoms with van der Waals surface area (Å²) in [6, 6.07) is 3.37. The average Bonchev–Trinajstić information content (AvgIpc) is 2.37. The van der Waals surface area contributed by atoms with E-state index in [0.717, 1.165) is 5.56 Å². The quantitative estimate of drug-likeness (QED) is 0.580. The van der Waals surface area contributed by atoms with Crippen LogP contribution in [0, 0.1) is 6.92 Å². The molecule has 0 aliphatic heterocycles. The molecular weight excluding hydrogens is 270 g/mol. The molecule has 0 saturated heterocycles. The van der Waals surface area contributed by atoms with Gasteiger partial charge in [-0.2, -0.15) is 0 Å². The van der Waals surface area contributed by atoms with Crippen LogP contribution in [0.4, 0.5) is 11.4 Å². The second-order valence-electron chi connectivity index (χ2n) is 5.90. The largest absolute Gasteiger partial charge is 0.465 e. The summed E-state index contributed by atoms with van der Waals surface area (Å²) in [5.41, 5.74) is 7.64. The molecule has 1 aromatic rings.